The minimum absolute atomic E-state index is 0.843. The highest BCUT2D eigenvalue weighted by atomic mass is 16.3. The molecule has 52 heavy (non-hydrogen) atoms. The number of allylic oxidation sites excluding steroid dienone is 2. The van der Waals surface area contributed by atoms with E-state index in [9.17, 15) is 0 Å². The smallest absolute Gasteiger partial charge is 0.144 e. The molecule has 0 saturated heterocycles. The standard InChI is InChI=1S/C47H32N4O/c1-2-6-36(7-3-1)45-30-37-16-19-44-46(47(37)52-45)40-8-4-5-9-43(40)51(44)39-17-14-34(15-18-39)41-28-38(29-42(50-41)35-22-26-49-27-23-35)32-12-10-31(11-13-32)33-20-24-48-25-21-33/h1-24,26-30,48H,25H2. The largest absolute Gasteiger partial charge is 0.455 e. The molecular formula is C47H32N4O. The summed E-state index contributed by atoms with van der Waals surface area (Å²) < 4.78 is 8.93. The third-order valence-electron chi connectivity index (χ3n) is 9.97. The van der Waals surface area contributed by atoms with Gasteiger partial charge in [-0.2, -0.15) is 0 Å². The normalized spacial score (nSPS) is 12.7. The first kappa shape index (κ1) is 29.9. The van der Waals surface area contributed by atoms with Crippen molar-refractivity contribution in [3.63, 3.8) is 0 Å². The summed E-state index contributed by atoms with van der Waals surface area (Å²) in [5.74, 6) is 0.873. The van der Waals surface area contributed by atoms with Crippen LogP contribution >= 0.6 is 0 Å². The lowest BCUT2D eigenvalue weighted by molar-refractivity contribution is 0.635. The Kier molecular flexibility index (Phi) is 7.14. The Morgan fingerprint density at radius 3 is 2.06 bits per heavy atom. The van der Waals surface area contributed by atoms with E-state index in [0.717, 1.165) is 90.0 Å². The number of hydrogen-bond donors (Lipinski definition) is 1. The number of hydrogen-bond acceptors (Lipinski definition) is 4. The third-order valence-corrected chi connectivity index (χ3v) is 9.97. The van der Waals surface area contributed by atoms with E-state index in [0.29, 0.717) is 0 Å². The van der Waals surface area contributed by atoms with E-state index in [1.165, 1.54) is 11.1 Å². The second kappa shape index (κ2) is 12.4. The van der Waals surface area contributed by atoms with Crippen molar-refractivity contribution in [2.24, 2.45) is 0 Å². The molecule has 5 nitrogen and oxygen atoms in total. The van der Waals surface area contributed by atoms with Crippen LogP contribution in [0.15, 0.2) is 181 Å². The van der Waals surface area contributed by atoms with E-state index in [1.54, 1.807) is 0 Å². The number of dihydropyridines is 1. The zero-order chi connectivity index (χ0) is 34.4. The predicted molar refractivity (Wildman–Crippen MR) is 213 cm³/mol. The molecule has 0 fully saturated rings. The van der Waals surface area contributed by atoms with Gasteiger partial charge in [-0.05, 0) is 95.2 Å². The summed E-state index contributed by atoms with van der Waals surface area (Å²) >= 11 is 0. The van der Waals surface area contributed by atoms with Gasteiger partial charge in [-0.15, -0.1) is 0 Å². The van der Waals surface area contributed by atoms with Crippen LogP contribution in [-0.2, 0) is 0 Å². The van der Waals surface area contributed by atoms with Crippen molar-refractivity contribution < 1.29 is 4.42 Å². The maximum Gasteiger partial charge on any atom is 0.144 e. The number of furan rings is 1. The van der Waals surface area contributed by atoms with Gasteiger partial charge in [0.15, 0.2) is 0 Å². The number of aromatic nitrogens is 3. The van der Waals surface area contributed by atoms with Crippen LogP contribution in [-0.4, -0.2) is 21.1 Å². The predicted octanol–water partition coefficient (Wildman–Crippen LogP) is 11.5. The van der Waals surface area contributed by atoms with Gasteiger partial charge in [-0.3, -0.25) is 4.98 Å². The molecule has 246 valence electrons. The molecule has 4 aromatic heterocycles. The Morgan fingerprint density at radius 2 is 1.29 bits per heavy atom. The van der Waals surface area contributed by atoms with Crippen LogP contribution in [0, 0.1) is 0 Å². The fourth-order valence-electron chi connectivity index (χ4n) is 7.39. The molecule has 0 unspecified atom stereocenters. The minimum Gasteiger partial charge on any atom is -0.455 e. The van der Waals surface area contributed by atoms with Crippen LogP contribution in [0.25, 0.3) is 89.0 Å². The maximum absolute atomic E-state index is 6.60. The van der Waals surface area contributed by atoms with Crippen molar-refractivity contribution in [3.05, 3.63) is 182 Å². The van der Waals surface area contributed by atoms with E-state index in [4.69, 9.17) is 9.40 Å². The number of benzene rings is 5. The molecule has 1 aliphatic heterocycles. The van der Waals surface area contributed by atoms with Gasteiger partial charge in [0.05, 0.1) is 27.8 Å². The number of nitrogens with zero attached hydrogens (tertiary/aromatic N) is 3. The highest BCUT2D eigenvalue weighted by molar-refractivity contribution is 6.20. The van der Waals surface area contributed by atoms with Gasteiger partial charge in [-0.25, -0.2) is 4.98 Å². The molecule has 1 aliphatic rings. The molecule has 10 rings (SSSR count). The molecule has 0 bridgehead atoms. The Bertz CT molecular complexity index is 2810. The fraction of sp³-hybridized carbons (Fsp3) is 0.0213. The van der Waals surface area contributed by atoms with E-state index in [-0.39, 0.29) is 0 Å². The lowest BCUT2D eigenvalue weighted by Gasteiger charge is -2.13. The maximum atomic E-state index is 6.60. The molecular weight excluding hydrogens is 637 g/mol. The summed E-state index contributed by atoms with van der Waals surface area (Å²) in [5.41, 5.74) is 13.9. The van der Waals surface area contributed by atoms with Crippen molar-refractivity contribution in [2.75, 3.05) is 6.54 Å². The Balaban J connectivity index is 1.07. The van der Waals surface area contributed by atoms with Gasteiger partial charge in [0.1, 0.15) is 11.3 Å². The number of rotatable bonds is 6. The minimum atomic E-state index is 0.843. The van der Waals surface area contributed by atoms with E-state index in [2.05, 4.69) is 142 Å². The second-order valence-electron chi connectivity index (χ2n) is 13.1. The average Bonchev–Trinajstić information content (AvgIpc) is 3.82. The van der Waals surface area contributed by atoms with Crippen molar-refractivity contribution in [1.82, 2.24) is 19.9 Å². The number of para-hydroxylation sites is 1. The van der Waals surface area contributed by atoms with Gasteiger partial charge < -0.3 is 14.3 Å². The highest BCUT2D eigenvalue weighted by Gasteiger charge is 2.18. The van der Waals surface area contributed by atoms with Crippen LogP contribution < -0.4 is 5.32 Å². The van der Waals surface area contributed by atoms with Crippen molar-refractivity contribution in [2.45, 2.75) is 0 Å². The first-order chi connectivity index (χ1) is 25.8. The molecule has 0 amide bonds. The molecule has 0 radical (unpaired) electrons. The first-order valence-electron chi connectivity index (χ1n) is 17.5. The number of nitrogens with one attached hydrogen (secondary N) is 1. The topological polar surface area (TPSA) is 55.9 Å². The van der Waals surface area contributed by atoms with Crippen molar-refractivity contribution in [1.29, 1.82) is 0 Å². The van der Waals surface area contributed by atoms with Crippen LogP contribution in [0.2, 0.25) is 0 Å². The number of pyridine rings is 2. The molecule has 0 aliphatic carbocycles. The van der Waals surface area contributed by atoms with Gasteiger partial charge in [0, 0.05) is 52.1 Å². The van der Waals surface area contributed by atoms with Crippen LogP contribution in [0.3, 0.4) is 0 Å². The summed E-state index contributed by atoms with van der Waals surface area (Å²) in [6.45, 7) is 0.843. The van der Waals surface area contributed by atoms with Gasteiger partial charge in [0.2, 0.25) is 0 Å². The van der Waals surface area contributed by atoms with E-state index < -0.39 is 0 Å². The van der Waals surface area contributed by atoms with Crippen LogP contribution in [0.5, 0.6) is 0 Å². The van der Waals surface area contributed by atoms with Crippen LogP contribution in [0.4, 0.5) is 0 Å². The first-order valence-corrected chi connectivity index (χ1v) is 17.5. The lowest BCUT2D eigenvalue weighted by Crippen LogP contribution is -2.08. The molecule has 0 atom stereocenters. The van der Waals surface area contributed by atoms with Gasteiger partial charge >= 0.3 is 0 Å². The van der Waals surface area contributed by atoms with E-state index in [1.807, 2.05) is 48.9 Å². The Morgan fingerprint density at radius 1 is 0.577 bits per heavy atom. The highest BCUT2D eigenvalue weighted by Crippen LogP contribution is 2.40. The summed E-state index contributed by atoms with van der Waals surface area (Å²) in [6.07, 6.45) is 9.97. The molecule has 0 saturated carbocycles. The van der Waals surface area contributed by atoms with Gasteiger partial charge in [-0.1, -0.05) is 91.0 Å². The molecule has 5 aromatic carbocycles. The summed E-state index contributed by atoms with van der Waals surface area (Å²) in [5, 5.41) is 6.61. The summed E-state index contributed by atoms with van der Waals surface area (Å²) in [4.78, 5) is 9.42. The number of fused-ring (bicyclic) bond motifs is 5. The van der Waals surface area contributed by atoms with Crippen molar-refractivity contribution in [3.8, 4) is 50.7 Å². The molecule has 0 spiro atoms. The summed E-state index contributed by atoms with van der Waals surface area (Å²) in [7, 11) is 0. The quantitative estimate of drug-likeness (QED) is 0.192. The third kappa shape index (κ3) is 5.19. The van der Waals surface area contributed by atoms with Crippen molar-refractivity contribution >= 4 is 38.3 Å². The monoisotopic (exact) mass is 668 g/mol. The SMILES string of the molecule is C1=CC(c2ccc(-c3cc(-c4ccncc4)nc(-c4ccc(-n5c6ccccc6c6c7oc(-c8ccccc8)cc7ccc65)cc4)c3)cc2)=CCN1. The zero-order valence-corrected chi connectivity index (χ0v) is 28.2. The molecule has 5 heteroatoms. The molecule has 5 heterocycles. The fourth-order valence-corrected chi connectivity index (χ4v) is 7.39. The lowest BCUT2D eigenvalue weighted by atomic mass is 9.97. The Hall–Kier alpha value is -6.98. The zero-order valence-electron chi connectivity index (χ0n) is 28.2. The molecule has 9 aromatic rings. The van der Waals surface area contributed by atoms with Gasteiger partial charge in [0.25, 0.3) is 0 Å². The molecule has 1 N–H and O–H groups in total. The van der Waals surface area contributed by atoms with Crippen LogP contribution in [0.1, 0.15) is 5.56 Å². The Labute approximate surface area is 300 Å². The average molecular weight is 669 g/mol. The second-order valence-corrected chi connectivity index (χ2v) is 13.1. The summed E-state index contributed by atoms with van der Waals surface area (Å²) in [6, 6.07) is 51.3. The van der Waals surface area contributed by atoms with E-state index >= 15 is 0 Å².